The summed E-state index contributed by atoms with van der Waals surface area (Å²) in [5.41, 5.74) is -0.809. The highest BCUT2D eigenvalue weighted by molar-refractivity contribution is 6.30. The van der Waals surface area contributed by atoms with E-state index in [-0.39, 0.29) is 23.8 Å². The minimum atomic E-state index is -1.06. The summed E-state index contributed by atoms with van der Waals surface area (Å²) in [6, 6.07) is 6.48. The van der Waals surface area contributed by atoms with Gasteiger partial charge in [0.05, 0.1) is 11.6 Å². The Hall–Kier alpha value is -1.63. The first-order chi connectivity index (χ1) is 14.0. The standard InChI is InChI=1S/C23H34ClN3O3/c1-15(2)19(26-20(28)18-6-5-12-25-18)21(29)27-13-11-23(30,22(3,4)14-27)16-7-9-17(24)10-8-16/h7-10,15,18-19,25,30H,5-6,11-14H2,1-4H3,(H,26,28)/t18-,19+,23-/m0/s1. The Morgan fingerprint density at radius 3 is 2.47 bits per heavy atom. The van der Waals surface area contributed by atoms with Crippen molar-refractivity contribution < 1.29 is 14.7 Å². The Bertz CT molecular complexity index is 774. The van der Waals surface area contributed by atoms with Crippen LogP contribution in [0.3, 0.4) is 0 Å². The Morgan fingerprint density at radius 2 is 1.93 bits per heavy atom. The van der Waals surface area contributed by atoms with E-state index in [0.717, 1.165) is 24.9 Å². The molecule has 30 heavy (non-hydrogen) atoms. The summed E-state index contributed by atoms with van der Waals surface area (Å²) in [6.45, 7) is 9.53. The maximum Gasteiger partial charge on any atom is 0.245 e. The molecular formula is C23H34ClN3O3. The van der Waals surface area contributed by atoms with Gasteiger partial charge in [0, 0.05) is 23.5 Å². The fourth-order valence-electron chi connectivity index (χ4n) is 4.64. The maximum absolute atomic E-state index is 13.4. The van der Waals surface area contributed by atoms with Gasteiger partial charge in [0.25, 0.3) is 0 Å². The van der Waals surface area contributed by atoms with Crippen LogP contribution in [-0.2, 0) is 15.2 Å². The quantitative estimate of drug-likeness (QED) is 0.664. The summed E-state index contributed by atoms with van der Waals surface area (Å²) in [7, 11) is 0. The Morgan fingerprint density at radius 1 is 1.27 bits per heavy atom. The second-order valence-corrected chi connectivity index (χ2v) is 10.1. The fourth-order valence-corrected chi connectivity index (χ4v) is 4.77. The predicted octanol–water partition coefficient (Wildman–Crippen LogP) is 2.68. The van der Waals surface area contributed by atoms with Crippen LogP contribution in [0.1, 0.15) is 52.5 Å². The molecule has 0 spiro atoms. The third kappa shape index (κ3) is 4.51. The van der Waals surface area contributed by atoms with Gasteiger partial charge >= 0.3 is 0 Å². The summed E-state index contributed by atoms with van der Waals surface area (Å²) >= 11 is 6.01. The van der Waals surface area contributed by atoms with E-state index >= 15 is 0 Å². The molecule has 3 atom stereocenters. The lowest BCUT2D eigenvalue weighted by Crippen LogP contribution is -2.61. The van der Waals surface area contributed by atoms with Crippen molar-refractivity contribution in [1.82, 2.24) is 15.5 Å². The van der Waals surface area contributed by atoms with Crippen LogP contribution in [0.5, 0.6) is 0 Å². The lowest BCUT2D eigenvalue weighted by Gasteiger charge is -2.51. The van der Waals surface area contributed by atoms with E-state index in [1.54, 1.807) is 17.0 Å². The molecule has 1 aromatic carbocycles. The minimum absolute atomic E-state index is 0.0250. The van der Waals surface area contributed by atoms with Gasteiger partial charge in [0.1, 0.15) is 6.04 Å². The molecule has 2 fully saturated rings. The Balaban J connectivity index is 1.73. The molecule has 2 aliphatic heterocycles. The molecule has 0 bridgehead atoms. The van der Waals surface area contributed by atoms with Crippen molar-refractivity contribution in [1.29, 1.82) is 0 Å². The van der Waals surface area contributed by atoms with Gasteiger partial charge in [-0.1, -0.05) is 51.4 Å². The summed E-state index contributed by atoms with van der Waals surface area (Å²) < 4.78 is 0. The van der Waals surface area contributed by atoms with Crippen molar-refractivity contribution in [3.63, 3.8) is 0 Å². The smallest absolute Gasteiger partial charge is 0.245 e. The van der Waals surface area contributed by atoms with Gasteiger partial charge in [-0.15, -0.1) is 0 Å². The van der Waals surface area contributed by atoms with Crippen molar-refractivity contribution in [2.24, 2.45) is 11.3 Å². The fraction of sp³-hybridized carbons (Fsp3) is 0.652. The molecule has 0 unspecified atom stereocenters. The lowest BCUT2D eigenvalue weighted by molar-refractivity contribution is -0.156. The molecule has 0 aromatic heterocycles. The van der Waals surface area contributed by atoms with E-state index in [2.05, 4.69) is 10.6 Å². The van der Waals surface area contributed by atoms with Crippen LogP contribution in [0.25, 0.3) is 0 Å². The largest absolute Gasteiger partial charge is 0.384 e. The molecule has 0 saturated carbocycles. The number of halogens is 1. The first-order valence-electron chi connectivity index (χ1n) is 10.9. The highest BCUT2D eigenvalue weighted by atomic mass is 35.5. The number of hydrogen-bond acceptors (Lipinski definition) is 4. The highest BCUT2D eigenvalue weighted by Crippen LogP contribution is 2.46. The molecule has 1 aromatic rings. The van der Waals surface area contributed by atoms with E-state index in [1.165, 1.54) is 0 Å². The zero-order valence-electron chi connectivity index (χ0n) is 18.4. The normalized spacial score (nSPS) is 27.2. The molecule has 0 aliphatic carbocycles. The molecule has 2 amide bonds. The van der Waals surface area contributed by atoms with E-state index < -0.39 is 17.1 Å². The third-order valence-corrected chi connectivity index (χ3v) is 6.94. The molecule has 2 saturated heterocycles. The monoisotopic (exact) mass is 435 g/mol. The van der Waals surface area contributed by atoms with Crippen molar-refractivity contribution in [3.05, 3.63) is 34.9 Å². The third-order valence-electron chi connectivity index (χ3n) is 6.69. The number of amides is 2. The predicted molar refractivity (Wildman–Crippen MR) is 118 cm³/mol. The molecular weight excluding hydrogens is 402 g/mol. The molecule has 166 valence electrons. The summed E-state index contributed by atoms with van der Waals surface area (Å²) in [5.74, 6) is -0.209. The lowest BCUT2D eigenvalue weighted by atomic mass is 9.66. The number of piperidine rings is 1. The van der Waals surface area contributed by atoms with Crippen LogP contribution < -0.4 is 10.6 Å². The van der Waals surface area contributed by atoms with Crippen LogP contribution in [0.15, 0.2) is 24.3 Å². The number of aliphatic hydroxyl groups is 1. The van der Waals surface area contributed by atoms with E-state index in [4.69, 9.17) is 11.6 Å². The van der Waals surface area contributed by atoms with Crippen LogP contribution in [0, 0.1) is 11.3 Å². The number of benzene rings is 1. The second kappa shape index (κ2) is 8.85. The van der Waals surface area contributed by atoms with Gasteiger partial charge in [-0.3, -0.25) is 9.59 Å². The van der Waals surface area contributed by atoms with Crippen molar-refractivity contribution in [2.75, 3.05) is 19.6 Å². The molecule has 2 heterocycles. The first kappa shape index (κ1) is 23.0. The number of carbonyl (C=O) groups excluding carboxylic acids is 2. The topological polar surface area (TPSA) is 81.7 Å². The van der Waals surface area contributed by atoms with Crippen molar-refractivity contribution in [2.45, 2.75) is 64.6 Å². The van der Waals surface area contributed by atoms with E-state index in [1.807, 2.05) is 39.8 Å². The van der Waals surface area contributed by atoms with Crippen LogP contribution in [0.2, 0.25) is 5.02 Å². The number of likely N-dealkylation sites (tertiary alicyclic amines) is 1. The number of rotatable bonds is 5. The summed E-state index contributed by atoms with van der Waals surface area (Å²) in [4.78, 5) is 27.7. The zero-order chi connectivity index (χ0) is 22.1. The van der Waals surface area contributed by atoms with Gasteiger partial charge < -0.3 is 20.6 Å². The average Bonchev–Trinajstić information content (AvgIpc) is 3.22. The van der Waals surface area contributed by atoms with Gasteiger partial charge in [-0.25, -0.2) is 0 Å². The number of nitrogens with one attached hydrogen (secondary N) is 2. The minimum Gasteiger partial charge on any atom is -0.384 e. The average molecular weight is 436 g/mol. The molecule has 2 aliphatic rings. The maximum atomic E-state index is 13.4. The Labute approximate surface area is 184 Å². The molecule has 3 N–H and O–H groups in total. The zero-order valence-corrected chi connectivity index (χ0v) is 19.1. The van der Waals surface area contributed by atoms with Crippen LogP contribution in [0.4, 0.5) is 0 Å². The van der Waals surface area contributed by atoms with Crippen molar-refractivity contribution in [3.8, 4) is 0 Å². The number of nitrogens with zero attached hydrogens (tertiary/aromatic N) is 1. The van der Waals surface area contributed by atoms with Crippen molar-refractivity contribution >= 4 is 23.4 Å². The summed E-state index contributed by atoms with van der Waals surface area (Å²) in [5, 5.41) is 18.3. The molecule has 0 radical (unpaired) electrons. The highest BCUT2D eigenvalue weighted by Gasteiger charge is 2.50. The number of hydrogen-bond donors (Lipinski definition) is 3. The molecule has 3 rings (SSSR count). The van der Waals surface area contributed by atoms with Gasteiger partial charge in [-0.2, -0.15) is 0 Å². The van der Waals surface area contributed by atoms with Crippen LogP contribution in [-0.4, -0.2) is 53.5 Å². The van der Waals surface area contributed by atoms with Gasteiger partial charge in [0.2, 0.25) is 11.8 Å². The molecule has 6 nitrogen and oxygen atoms in total. The van der Waals surface area contributed by atoms with Crippen LogP contribution >= 0.6 is 11.6 Å². The summed E-state index contributed by atoms with van der Waals surface area (Å²) in [6.07, 6.45) is 2.20. The first-order valence-corrected chi connectivity index (χ1v) is 11.2. The van der Waals surface area contributed by atoms with Gasteiger partial charge in [-0.05, 0) is 49.4 Å². The van der Waals surface area contributed by atoms with E-state index in [9.17, 15) is 14.7 Å². The Kier molecular flexibility index (Phi) is 6.80. The SMILES string of the molecule is CC(C)[C@@H](NC(=O)[C@@H]1CCCN1)C(=O)N1CC[C@](O)(c2ccc(Cl)cc2)C(C)(C)C1. The second-order valence-electron chi connectivity index (χ2n) is 9.64. The number of carbonyl (C=O) groups is 2. The van der Waals surface area contributed by atoms with Gasteiger partial charge in [0.15, 0.2) is 0 Å². The molecule has 7 heteroatoms. The van der Waals surface area contributed by atoms with E-state index in [0.29, 0.717) is 24.5 Å².